The minimum absolute atomic E-state index is 0.0837. The van der Waals surface area contributed by atoms with Gasteiger partial charge in [0.05, 0.1) is 27.0 Å². The first-order valence-corrected chi connectivity index (χ1v) is 7.53. The molecule has 20 heavy (non-hydrogen) atoms. The van der Waals surface area contributed by atoms with Gasteiger partial charge < -0.3 is 10.7 Å². The standard InChI is InChI=1S/C15H14ClN3S/c16-14-7-6-13(20-14)12-9-18-15(19-12)11(8-17)10-4-2-1-3-5-10/h1-7,9,11H,8,17H2,(H,18,19). The molecule has 0 fully saturated rings. The molecule has 0 aliphatic heterocycles. The summed E-state index contributed by atoms with van der Waals surface area (Å²) in [6.45, 7) is 0.516. The topological polar surface area (TPSA) is 54.7 Å². The summed E-state index contributed by atoms with van der Waals surface area (Å²) in [5.74, 6) is 0.971. The average molecular weight is 304 g/mol. The number of nitrogens with two attached hydrogens (primary N) is 1. The van der Waals surface area contributed by atoms with Crippen molar-refractivity contribution in [2.45, 2.75) is 5.92 Å². The van der Waals surface area contributed by atoms with Gasteiger partial charge in [-0.1, -0.05) is 41.9 Å². The molecule has 0 bridgehead atoms. The van der Waals surface area contributed by atoms with Crippen LogP contribution in [0.2, 0.25) is 4.34 Å². The zero-order valence-corrected chi connectivity index (χ0v) is 12.3. The van der Waals surface area contributed by atoms with Gasteiger partial charge in [-0.2, -0.15) is 0 Å². The highest BCUT2D eigenvalue weighted by molar-refractivity contribution is 7.19. The van der Waals surface area contributed by atoms with Crippen LogP contribution in [-0.4, -0.2) is 16.5 Å². The number of halogens is 1. The highest BCUT2D eigenvalue weighted by atomic mass is 35.5. The van der Waals surface area contributed by atoms with Crippen molar-refractivity contribution >= 4 is 22.9 Å². The van der Waals surface area contributed by atoms with Crippen molar-refractivity contribution in [1.82, 2.24) is 9.97 Å². The first-order valence-electron chi connectivity index (χ1n) is 6.33. The first-order chi connectivity index (χ1) is 9.78. The molecule has 3 nitrogen and oxygen atoms in total. The largest absolute Gasteiger partial charge is 0.341 e. The maximum absolute atomic E-state index is 5.97. The second-order valence-electron chi connectivity index (χ2n) is 4.48. The molecule has 1 unspecified atom stereocenters. The SMILES string of the molecule is NCC(c1ccccc1)c1ncc(-c2ccc(Cl)s2)[nH]1. The number of H-pyrrole nitrogens is 1. The van der Waals surface area contributed by atoms with E-state index in [1.54, 1.807) is 0 Å². The van der Waals surface area contributed by atoms with Gasteiger partial charge in [0.2, 0.25) is 0 Å². The maximum Gasteiger partial charge on any atom is 0.115 e. The minimum Gasteiger partial charge on any atom is -0.341 e. The zero-order chi connectivity index (χ0) is 13.9. The Kier molecular flexibility index (Phi) is 3.87. The Balaban J connectivity index is 1.92. The van der Waals surface area contributed by atoms with Crippen LogP contribution in [0.4, 0.5) is 0 Å². The van der Waals surface area contributed by atoms with Gasteiger partial charge in [0.15, 0.2) is 0 Å². The molecule has 0 saturated carbocycles. The third-order valence-electron chi connectivity index (χ3n) is 3.20. The molecule has 0 aliphatic rings. The van der Waals surface area contributed by atoms with E-state index in [1.807, 2.05) is 36.5 Å². The fourth-order valence-corrected chi connectivity index (χ4v) is 3.20. The number of benzene rings is 1. The molecule has 0 spiro atoms. The Morgan fingerprint density at radius 2 is 2.00 bits per heavy atom. The maximum atomic E-state index is 5.97. The van der Waals surface area contributed by atoms with E-state index in [2.05, 4.69) is 22.1 Å². The molecule has 3 rings (SSSR count). The minimum atomic E-state index is 0.0837. The summed E-state index contributed by atoms with van der Waals surface area (Å²) < 4.78 is 0.773. The molecule has 0 radical (unpaired) electrons. The van der Waals surface area contributed by atoms with E-state index in [0.29, 0.717) is 6.54 Å². The second-order valence-corrected chi connectivity index (χ2v) is 6.20. The van der Waals surface area contributed by atoms with Crippen LogP contribution in [0.3, 0.4) is 0 Å². The van der Waals surface area contributed by atoms with Gasteiger partial charge in [0.25, 0.3) is 0 Å². The molecular weight excluding hydrogens is 290 g/mol. The Morgan fingerprint density at radius 3 is 2.65 bits per heavy atom. The van der Waals surface area contributed by atoms with Crippen LogP contribution in [0.15, 0.2) is 48.7 Å². The average Bonchev–Trinajstić information content (AvgIpc) is 3.10. The van der Waals surface area contributed by atoms with Gasteiger partial charge in [-0.3, -0.25) is 0 Å². The van der Waals surface area contributed by atoms with E-state index in [1.165, 1.54) is 16.9 Å². The van der Waals surface area contributed by atoms with Gasteiger partial charge in [-0.25, -0.2) is 4.98 Å². The van der Waals surface area contributed by atoms with Crippen molar-refractivity contribution < 1.29 is 0 Å². The molecule has 2 aromatic heterocycles. The first kappa shape index (κ1) is 13.4. The Bertz CT molecular complexity index is 690. The predicted molar refractivity (Wildman–Crippen MR) is 84.3 cm³/mol. The molecule has 5 heteroatoms. The third-order valence-corrected chi connectivity index (χ3v) is 4.47. The number of hydrogen-bond acceptors (Lipinski definition) is 3. The van der Waals surface area contributed by atoms with E-state index in [4.69, 9.17) is 17.3 Å². The van der Waals surface area contributed by atoms with Crippen LogP contribution in [0, 0.1) is 0 Å². The summed E-state index contributed by atoms with van der Waals surface area (Å²) in [5, 5.41) is 0. The summed E-state index contributed by atoms with van der Waals surface area (Å²) in [4.78, 5) is 8.91. The molecule has 1 atom stereocenters. The molecule has 102 valence electrons. The highest BCUT2D eigenvalue weighted by Crippen LogP contribution is 2.31. The lowest BCUT2D eigenvalue weighted by Crippen LogP contribution is -2.15. The molecule has 3 aromatic rings. The predicted octanol–water partition coefficient (Wildman–Crippen LogP) is 3.88. The van der Waals surface area contributed by atoms with Crippen LogP contribution in [0.1, 0.15) is 17.3 Å². The van der Waals surface area contributed by atoms with Crippen LogP contribution in [0.25, 0.3) is 10.6 Å². The lowest BCUT2D eigenvalue weighted by atomic mass is 9.99. The monoisotopic (exact) mass is 303 g/mol. The van der Waals surface area contributed by atoms with Gasteiger partial charge in [-0.15, -0.1) is 11.3 Å². The number of nitrogens with one attached hydrogen (secondary N) is 1. The van der Waals surface area contributed by atoms with E-state index >= 15 is 0 Å². The second kappa shape index (κ2) is 5.79. The van der Waals surface area contributed by atoms with Crippen molar-refractivity contribution in [2.75, 3.05) is 6.54 Å². The van der Waals surface area contributed by atoms with Crippen LogP contribution in [0.5, 0.6) is 0 Å². The van der Waals surface area contributed by atoms with Crippen molar-refractivity contribution in [3.63, 3.8) is 0 Å². The summed E-state index contributed by atoms with van der Waals surface area (Å²) >= 11 is 7.50. The van der Waals surface area contributed by atoms with Gasteiger partial charge in [0, 0.05) is 6.54 Å². The quantitative estimate of drug-likeness (QED) is 0.768. The Morgan fingerprint density at radius 1 is 1.20 bits per heavy atom. The molecule has 0 saturated heterocycles. The number of thiophene rings is 1. The fraction of sp³-hybridized carbons (Fsp3) is 0.133. The molecule has 3 N–H and O–H groups in total. The Hall–Kier alpha value is -1.62. The van der Waals surface area contributed by atoms with Crippen molar-refractivity contribution in [1.29, 1.82) is 0 Å². The van der Waals surface area contributed by atoms with E-state index in [-0.39, 0.29) is 5.92 Å². The van der Waals surface area contributed by atoms with Crippen LogP contribution in [-0.2, 0) is 0 Å². The molecule has 1 aromatic carbocycles. The van der Waals surface area contributed by atoms with Gasteiger partial charge in [0.1, 0.15) is 5.82 Å². The zero-order valence-electron chi connectivity index (χ0n) is 10.7. The molecule has 0 aliphatic carbocycles. The lowest BCUT2D eigenvalue weighted by Gasteiger charge is -2.12. The van der Waals surface area contributed by atoms with Crippen molar-refractivity contribution in [3.05, 3.63) is 64.4 Å². The number of aromatic amines is 1. The molecule has 0 amide bonds. The number of imidazole rings is 1. The molecular formula is C15H14ClN3S. The molecule has 2 heterocycles. The summed E-state index contributed by atoms with van der Waals surface area (Å²) in [7, 11) is 0. The normalized spacial score (nSPS) is 12.5. The summed E-state index contributed by atoms with van der Waals surface area (Å²) in [6, 6.07) is 14.0. The van der Waals surface area contributed by atoms with E-state index < -0.39 is 0 Å². The summed E-state index contributed by atoms with van der Waals surface area (Å²) in [6.07, 6.45) is 1.84. The number of nitrogens with zero attached hydrogens (tertiary/aromatic N) is 1. The van der Waals surface area contributed by atoms with Crippen LogP contribution >= 0.6 is 22.9 Å². The van der Waals surface area contributed by atoms with Crippen LogP contribution < -0.4 is 5.73 Å². The van der Waals surface area contributed by atoms with Gasteiger partial charge >= 0.3 is 0 Å². The fourth-order valence-electron chi connectivity index (χ4n) is 2.19. The lowest BCUT2D eigenvalue weighted by molar-refractivity contribution is 0.765. The number of hydrogen-bond donors (Lipinski definition) is 2. The van der Waals surface area contributed by atoms with E-state index in [0.717, 1.165) is 20.7 Å². The highest BCUT2D eigenvalue weighted by Gasteiger charge is 2.16. The van der Waals surface area contributed by atoms with Crippen molar-refractivity contribution in [2.24, 2.45) is 5.73 Å². The van der Waals surface area contributed by atoms with Crippen molar-refractivity contribution in [3.8, 4) is 10.6 Å². The summed E-state index contributed by atoms with van der Waals surface area (Å²) in [5.41, 5.74) is 8.06. The van der Waals surface area contributed by atoms with E-state index in [9.17, 15) is 0 Å². The Labute approximate surface area is 126 Å². The third kappa shape index (κ3) is 2.63. The number of rotatable bonds is 4. The van der Waals surface area contributed by atoms with Gasteiger partial charge in [-0.05, 0) is 17.7 Å². The number of aromatic nitrogens is 2. The smallest absolute Gasteiger partial charge is 0.115 e.